The molecule has 0 fully saturated rings. The van der Waals surface area contributed by atoms with Crippen LogP contribution in [0.5, 0.6) is 0 Å². The third kappa shape index (κ3) is 5.43. The summed E-state index contributed by atoms with van der Waals surface area (Å²) in [5, 5.41) is 6.76. The summed E-state index contributed by atoms with van der Waals surface area (Å²) >= 11 is 24.1. The molecular formula is C21H14Cl4N2O2. The predicted octanol–water partition coefficient (Wildman–Crippen LogP) is 6.66. The summed E-state index contributed by atoms with van der Waals surface area (Å²) in [5.74, 6) is -2.25. The Morgan fingerprint density at radius 2 is 1.10 bits per heavy atom. The molecule has 3 aromatic rings. The van der Waals surface area contributed by atoms with Crippen LogP contribution in [0.2, 0.25) is 20.1 Å². The Bertz CT molecular complexity index is 992. The zero-order valence-corrected chi connectivity index (χ0v) is 17.8. The van der Waals surface area contributed by atoms with E-state index in [1.807, 2.05) is 0 Å². The standard InChI is InChI=1S/C21H14Cl4N2O2/c22-13-6-8-17(15(24)10-13)26-20(28)19(12-4-2-1-3-5-12)21(29)27-18-9-7-14(23)11-16(18)25/h1-11,19H,(H,26,28)(H,27,29). The van der Waals surface area contributed by atoms with E-state index < -0.39 is 17.7 Å². The monoisotopic (exact) mass is 466 g/mol. The Labute approximate surface area is 187 Å². The van der Waals surface area contributed by atoms with Crippen molar-refractivity contribution in [2.45, 2.75) is 5.92 Å². The molecule has 0 heterocycles. The molecule has 0 atom stereocenters. The van der Waals surface area contributed by atoms with Gasteiger partial charge in [0.1, 0.15) is 5.92 Å². The molecule has 3 rings (SSSR count). The Morgan fingerprint density at radius 1 is 0.655 bits per heavy atom. The van der Waals surface area contributed by atoms with Crippen LogP contribution in [0.25, 0.3) is 0 Å². The number of carbonyl (C=O) groups excluding carboxylic acids is 2. The first-order chi connectivity index (χ1) is 13.8. The molecule has 0 aliphatic rings. The van der Waals surface area contributed by atoms with Gasteiger partial charge in [0.2, 0.25) is 11.8 Å². The van der Waals surface area contributed by atoms with Crippen molar-refractivity contribution < 1.29 is 9.59 Å². The molecule has 0 aliphatic heterocycles. The lowest BCUT2D eigenvalue weighted by Crippen LogP contribution is -2.32. The van der Waals surface area contributed by atoms with Crippen LogP contribution in [0.1, 0.15) is 11.5 Å². The lowest BCUT2D eigenvalue weighted by molar-refractivity contribution is -0.125. The maximum Gasteiger partial charge on any atom is 0.241 e. The molecule has 4 nitrogen and oxygen atoms in total. The van der Waals surface area contributed by atoms with Crippen LogP contribution in [0.3, 0.4) is 0 Å². The summed E-state index contributed by atoms with van der Waals surface area (Å²) in [6.45, 7) is 0. The van der Waals surface area contributed by atoms with Crippen molar-refractivity contribution in [3.63, 3.8) is 0 Å². The van der Waals surface area contributed by atoms with Crippen molar-refractivity contribution in [3.8, 4) is 0 Å². The Kier molecular flexibility index (Phi) is 7.04. The maximum absolute atomic E-state index is 13.0. The summed E-state index contributed by atoms with van der Waals surface area (Å²) in [6.07, 6.45) is 0. The molecule has 0 saturated carbocycles. The van der Waals surface area contributed by atoms with Crippen LogP contribution in [-0.2, 0) is 9.59 Å². The second-order valence-electron chi connectivity index (χ2n) is 6.07. The first kappa shape index (κ1) is 21.5. The fraction of sp³-hybridized carbons (Fsp3) is 0.0476. The Morgan fingerprint density at radius 3 is 1.52 bits per heavy atom. The molecule has 0 aliphatic carbocycles. The largest absolute Gasteiger partial charge is 0.324 e. The normalized spacial score (nSPS) is 10.7. The van der Waals surface area contributed by atoms with E-state index >= 15 is 0 Å². The van der Waals surface area contributed by atoms with Gasteiger partial charge in [-0.25, -0.2) is 0 Å². The molecule has 2 N–H and O–H groups in total. The van der Waals surface area contributed by atoms with Crippen molar-refractivity contribution in [1.82, 2.24) is 0 Å². The van der Waals surface area contributed by atoms with E-state index in [1.54, 1.807) is 54.6 Å². The van der Waals surface area contributed by atoms with Gasteiger partial charge in [-0.15, -0.1) is 0 Å². The lowest BCUT2D eigenvalue weighted by Gasteiger charge is -2.18. The SMILES string of the molecule is O=C(Nc1ccc(Cl)cc1Cl)C(C(=O)Nc1ccc(Cl)cc1Cl)c1ccccc1. The van der Waals surface area contributed by atoms with E-state index in [9.17, 15) is 9.59 Å². The van der Waals surface area contributed by atoms with Gasteiger partial charge in [0.15, 0.2) is 0 Å². The molecule has 0 saturated heterocycles. The van der Waals surface area contributed by atoms with Crippen molar-refractivity contribution >= 4 is 69.6 Å². The number of hydrogen-bond acceptors (Lipinski definition) is 2. The van der Waals surface area contributed by atoms with Gasteiger partial charge in [-0.2, -0.15) is 0 Å². The van der Waals surface area contributed by atoms with Crippen molar-refractivity contribution in [2.75, 3.05) is 10.6 Å². The number of nitrogens with one attached hydrogen (secondary N) is 2. The van der Waals surface area contributed by atoms with Gasteiger partial charge in [-0.3, -0.25) is 9.59 Å². The zero-order valence-electron chi connectivity index (χ0n) is 14.8. The van der Waals surface area contributed by atoms with Crippen molar-refractivity contribution in [3.05, 3.63) is 92.4 Å². The second-order valence-corrected chi connectivity index (χ2v) is 7.76. The van der Waals surface area contributed by atoms with Crippen LogP contribution in [0, 0.1) is 0 Å². The third-order valence-corrected chi connectivity index (χ3v) is 5.13. The first-order valence-corrected chi connectivity index (χ1v) is 9.93. The molecular weight excluding hydrogens is 454 g/mol. The van der Waals surface area contributed by atoms with Gasteiger partial charge in [0, 0.05) is 10.0 Å². The predicted molar refractivity (Wildman–Crippen MR) is 119 cm³/mol. The van der Waals surface area contributed by atoms with E-state index in [0.29, 0.717) is 27.0 Å². The number of rotatable bonds is 5. The molecule has 0 spiro atoms. The van der Waals surface area contributed by atoms with Crippen LogP contribution in [-0.4, -0.2) is 11.8 Å². The summed E-state index contributed by atoms with van der Waals surface area (Å²) in [7, 11) is 0. The molecule has 29 heavy (non-hydrogen) atoms. The Hall–Kier alpha value is -2.24. The van der Waals surface area contributed by atoms with E-state index in [2.05, 4.69) is 10.6 Å². The molecule has 0 aromatic heterocycles. The average molecular weight is 468 g/mol. The van der Waals surface area contributed by atoms with Gasteiger partial charge >= 0.3 is 0 Å². The number of halogens is 4. The van der Waals surface area contributed by atoms with Crippen LogP contribution in [0.4, 0.5) is 11.4 Å². The van der Waals surface area contributed by atoms with E-state index in [-0.39, 0.29) is 10.0 Å². The maximum atomic E-state index is 13.0. The fourth-order valence-electron chi connectivity index (χ4n) is 2.66. The quantitative estimate of drug-likeness (QED) is 0.412. The minimum absolute atomic E-state index is 0.263. The van der Waals surface area contributed by atoms with Gasteiger partial charge in [-0.05, 0) is 42.0 Å². The highest BCUT2D eigenvalue weighted by atomic mass is 35.5. The molecule has 0 radical (unpaired) electrons. The third-order valence-electron chi connectivity index (χ3n) is 4.04. The highest BCUT2D eigenvalue weighted by Gasteiger charge is 2.29. The number of benzene rings is 3. The van der Waals surface area contributed by atoms with Gasteiger partial charge in [-0.1, -0.05) is 76.7 Å². The second kappa shape index (κ2) is 9.51. The fourth-order valence-corrected chi connectivity index (χ4v) is 3.57. The summed E-state index contributed by atoms with van der Waals surface area (Å²) in [4.78, 5) is 26.0. The van der Waals surface area contributed by atoms with Gasteiger partial charge in [0.25, 0.3) is 0 Å². The van der Waals surface area contributed by atoms with E-state index in [0.717, 1.165) is 0 Å². The summed E-state index contributed by atoms with van der Waals surface area (Å²) in [6, 6.07) is 18.0. The van der Waals surface area contributed by atoms with Crippen molar-refractivity contribution in [1.29, 1.82) is 0 Å². The van der Waals surface area contributed by atoms with E-state index in [4.69, 9.17) is 46.4 Å². The molecule has 3 aromatic carbocycles. The highest BCUT2D eigenvalue weighted by Crippen LogP contribution is 2.29. The van der Waals surface area contributed by atoms with Gasteiger partial charge < -0.3 is 10.6 Å². The van der Waals surface area contributed by atoms with Crippen molar-refractivity contribution in [2.24, 2.45) is 0 Å². The number of anilines is 2. The van der Waals surface area contributed by atoms with E-state index in [1.165, 1.54) is 12.1 Å². The van der Waals surface area contributed by atoms with Crippen LogP contribution in [0.15, 0.2) is 66.7 Å². The molecule has 2 amide bonds. The van der Waals surface area contributed by atoms with Crippen LogP contribution < -0.4 is 10.6 Å². The topological polar surface area (TPSA) is 58.2 Å². The zero-order chi connectivity index (χ0) is 21.0. The molecule has 8 heteroatoms. The molecule has 148 valence electrons. The average Bonchev–Trinajstić information content (AvgIpc) is 2.67. The minimum atomic E-state index is -1.14. The minimum Gasteiger partial charge on any atom is -0.324 e. The number of carbonyl (C=O) groups is 2. The first-order valence-electron chi connectivity index (χ1n) is 8.42. The van der Waals surface area contributed by atoms with Gasteiger partial charge in [0.05, 0.1) is 21.4 Å². The number of amides is 2. The Balaban J connectivity index is 1.90. The number of hydrogen-bond donors (Lipinski definition) is 2. The van der Waals surface area contributed by atoms with Crippen LogP contribution >= 0.6 is 46.4 Å². The highest BCUT2D eigenvalue weighted by molar-refractivity contribution is 6.37. The molecule has 0 unspecified atom stereocenters. The summed E-state index contributed by atoms with van der Waals surface area (Å²) < 4.78 is 0. The molecule has 0 bridgehead atoms. The smallest absolute Gasteiger partial charge is 0.241 e. The summed E-state index contributed by atoms with van der Waals surface area (Å²) in [5.41, 5.74) is 1.20. The lowest BCUT2D eigenvalue weighted by atomic mass is 9.97.